The fraction of sp³-hybridized carbons (Fsp3) is 0.0952. The Bertz CT molecular complexity index is 915. The molecule has 0 spiro atoms. The van der Waals surface area contributed by atoms with Crippen molar-refractivity contribution in [1.82, 2.24) is 0 Å². The molecule has 0 heterocycles. The average Bonchev–Trinajstić information content (AvgIpc) is 2.61. The molecule has 0 aliphatic carbocycles. The normalized spacial score (nSPS) is 11.1. The van der Waals surface area contributed by atoms with Crippen LogP contribution in [0, 0.1) is 6.92 Å². The fourth-order valence-corrected chi connectivity index (χ4v) is 2.72. The van der Waals surface area contributed by atoms with Crippen molar-refractivity contribution >= 4 is 34.3 Å². The second kappa shape index (κ2) is 7.33. The van der Waals surface area contributed by atoms with Crippen LogP contribution in [0.1, 0.15) is 11.1 Å². The van der Waals surface area contributed by atoms with E-state index in [1.165, 1.54) is 0 Å². The Hall–Kier alpha value is -2.58. The summed E-state index contributed by atoms with van der Waals surface area (Å²) in [6.45, 7) is 6.13. The number of rotatable bonds is 5. The van der Waals surface area contributed by atoms with Crippen LogP contribution in [0.15, 0.2) is 72.2 Å². The molecule has 0 amide bonds. The van der Waals surface area contributed by atoms with Gasteiger partial charge in [-0.05, 0) is 41.5 Å². The van der Waals surface area contributed by atoms with Crippen LogP contribution in [0.2, 0.25) is 5.02 Å². The van der Waals surface area contributed by atoms with Gasteiger partial charge < -0.3 is 4.74 Å². The van der Waals surface area contributed by atoms with E-state index < -0.39 is 0 Å². The highest BCUT2D eigenvalue weighted by molar-refractivity contribution is 6.31. The monoisotopic (exact) mass is 335 g/mol. The zero-order valence-electron chi connectivity index (χ0n) is 13.5. The van der Waals surface area contributed by atoms with Gasteiger partial charge in [0.1, 0.15) is 12.4 Å². The first-order valence-corrected chi connectivity index (χ1v) is 8.13. The first kappa shape index (κ1) is 16.3. The maximum atomic E-state index is 6.18. The van der Waals surface area contributed by atoms with Gasteiger partial charge >= 0.3 is 0 Å². The third-order valence-electron chi connectivity index (χ3n) is 3.86. The van der Waals surface area contributed by atoms with Crippen LogP contribution in [-0.2, 0) is 0 Å². The first-order chi connectivity index (χ1) is 11.7. The van der Waals surface area contributed by atoms with Gasteiger partial charge in [0.25, 0.3) is 0 Å². The Balaban J connectivity index is 2.10. The number of nitrogens with zero attached hydrogens (tertiary/aromatic N) is 1. The third-order valence-corrected chi connectivity index (χ3v) is 4.27. The second-order valence-electron chi connectivity index (χ2n) is 5.44. The van der Waals surface area contributed by atoms with Crippen LogP contribution in [0.3, 0.4) is 0 Å². The van der Waals surface area contributed by atoms with Crippen molar-refractivity contribution in [3.05, 3.63) is 83.4 Å². The van der Waals surface area contributed by atoms with Gasteiger partial charge in [-0.2, -0.15) is 0 Å². The van der Waals surface area contributed by atoms with E-state index >= 15 is 0 Å². The van der Waals surface area contributed by atoms with E-state index in [1.807, 2.05) is 49.5 Å². The molecule has 0 saturated carbocycles. The topological polar surface area (TPSA) is 21.6 Å². The van der Waals surface area contributed by atoms with E-state index in [0.29, 0.717) is 11.6 Å². The van der Waals surface area contributed by atoms with Gasteiger partial charge in [0.15, 0.2) is 0 Å². The number of aliphatic imine (C=N–C) groups is 1. The van der Waals surface area contributed by atoms with E-state index in [9.17, 15) is 0 Å². The minimum absolute atomic E-state index is 0.454. The number of halogens is 1. The van der Waals surface area contributed by atoms with Gasteiger partial charge in [0.2, 0.25) is 0 Å². The quantitative estimate of drug-likeness (QED) is 0.406. The molecule has 0 bridgehead atoms. The average molecular weight is 336 g/mol. The fourth-order valence-electron chi connectivity index (χ4n) is 2.55. The van der Waals surface area contributed by atoms with Crippen LogP contribution in [-0.4, -0.2) is 12.8 Å². The lowest BCUT2D eigenvalue weighted by Crippen LogP contribution is -1.98. The highest BCUT2D eigenvalue weighted by atomic mass is 35.5. The van der Waals surface area contributed by atoms with Crippen LogP contribution in [0.4, 0.5) is 5.69 Å². The van der Waals surface area contributed by atoms with E-state index in [-0.39, 0.29) is 0 Å². The minimum Gasteiger partial charge on any atom is -0.489 e. The van der Waals surface area contributed by atoms with Crippen molar-refractivity contribution in [2.24, 2.45) is 4.99 Å². The summed E-state index contributed by atoms with van der Waals surface area (Å²) in [7, 11) is 0. The smallest absolute Gasteiger partial charge is 0.129 e. The van der Waals surface area contributed by atoms with Crippen molar-refractivity contribution in [2.45, 2.75) is 6.92 Å². The molecule has 2 nitrogen and oxygen atoms in total. The van der Waals surface area contributed by atoms with E-state index in [2.05, 4.69) is 29.8 Å². The number of fused-ring (bicyclic) bond motifs is 1. The summed E-state index contributed by atoms with van der Waals surface area (Å²) in [4.78, 5) is 4.64. The molecule has 0 aliphatic heterocycles. The van der Waals surface area contributed by atoms with Gasteiger partial charge in [-0.15, -0.1) is 0 Å². The summed E-state index contributed by atoms with van der Waals surface area (Å²) in [6.07, 6.45) is 3.58. The Labute approximate surface area is 147 Å². The molecule has 3 heteroatoms. The number of hydrogen-bond acceptors (Lipinski definition) is 2. The standard InChI is InChI=1S/C21H18ClNO/c1-3-13-24-21-12-11-16-7-4-5-8-17(16)18(21)14-23-20-10-6-9-19(22)15(20)2/h3-12,14H,1,13H2,2H3. The largest absolute Gasteiger partial charge is 0.489 e. The van der Waals surface area contributed by atoms with Crippen molar-refractivity contribution in [2.75, 3.05) is 6.61 Å². The molecule has 0 N–H and O–H groups in total. The minimum atomic E-state index is 0.454. The summed E-state index contributed by atoms with van der Waals surface area (Å²) < 4.78 is 5.80. The van der Waals surface area contributed by atoms with Crippen LogP contribution < -0.4 is 4.74 Å². The van der Waals surface area contributed by atoms with Gasteiger partial charge in [-0.25, -0.2) is 0 Å². The van der Waals surface area contributed by atoms with Crippen LogP contribution in [0.5, 0.6) is 5.75 Å². The van der Waals surface area contributed by atoms with E-state index in [0.717, 1.165) is 33.3 Å². The Morgan fingerprint density at radius 1 is 1.08 bits per heavy atom. The van der Waals surface area contributed by atoms with Gasteiger partial charge in [-0.1, -0.05) is 60.7 Å². The third kappa shape index (κ3) is 3.34. The lowest BCUT2D eigenvalue weighted by atomic mass is 10.0. The molecule has 0 unspecified atom stereocenters. The Morgan fingerprint density at radius 3 is 2.75 bits per heavy atom. The molecular weight excluding hydrogens is 318 g/mol. The summed E-state index contributed by atoms with van der Waals surface area (Å²) in [5, 5.41) is 2.96. The molecule has 3 aromatic carbocycles. The molecule has 0 atom stereocenters. The molecule has 3 rings (SSSR count). The lowest BCUT2D eigenvalue weighted by Gasteiger charge is -2.10. The van der Waals surface area contributed by atoms with Crippen LogP contribution >= 0.6 is 11.6 Å². The number of benzene rings is 3. The van der Waals surface area contributed by atoms with Crippen molar-refractivity contribution in [3.63, 3.8) is 0 Å². The maximum absolute atomic E-state index is 6.18. The zero-order valence-corrected chi connectivity index (χ0v) is 14.3. The van der Waals surface area contributed by atoms with Gasteiger partial charge in [0, 0.05) is 16.8 Å². The number of hydrogen-bond donors (Lipinski definition) is 0. The SMILES string of the molecule is C=CCOc1ccc2ccccc2c1C=Nc1cccc(Cl)c1C. The van der Waals surface area contributed by atoms with Crippen molar-refractivity contribution in [3.8, 4) is 5.75 Å². The summed E-state index contributed by atoms with van der Waals surface area (Å²) in [5.41, 5.74) is 2.77. The Morgan fingerprint density at radius 2 is 1.92 bits per heavy atom. The maximum Gasteiger partial charge on any atom is 0.129 e. The highest BCUT2D eigenvalue weighted by Crippen LogP contribution is 2.29. The molecule has 0 saturated heterocycles. The first-order valence-electron chi connectivity index (χ1n) is 7.75. The molecule has 0 aromatic heterocycles. The molecular formula is C21H18ClNO. The molecule has 24 heavy (non-hydrogen) atoms. The zero-order chi connectivity index (χ0) is 16.9. The summed E-state index contributed by atoms with van der Waals surface area (Å²) >= 11 is 6.18. The van der Waals surface area contributed by atoms with Crippen molar-refractivity contribution in [1.29, 1.82) is 0 Å². The van der Waals surface area contributed by atoms with Gasteiger partial charge in [0.05, 0.1) is 5.69 Å². The predicted octanol–water partition coefficient (Wildman–Crippen LogP) is 6.12. The van der Waals surface area contributed by atoms with Crippen molar-refractivity contribution < 1.29 is 4.74 Å². The molecule has 0 aliphatic rings. The second-order valence-corrected chi connectivity index (χ2v) is 5.85. The van der Waals surface area contributed by atoms with Gasteiger partial charge in [-0.3, -0.25) is 4.99 Å². The van der Waals surface area contributed by atoms with E-state index in [4.69, 9.17) is 16.3 Å². The molecule has 3 aromatic rings. The summed E-state index contributed by atoms with van der Waals surface area (Å²) in [5.74, 6) is 0.789. The summed E-state index contributed by atoms with van der Waals surface area (Å²) in [6, 6.07) is 17.9. The molecule has 0 fully saturated rings. The Kier molecular flexibility index (Phi) is 4.97. The van der Waals surface area contributed by atoms with E-state index in [1.54, 1.807) is 6.08 Å². The number of ether oxygens (including phenoxy) is 1. The highest BCUT2D eigenvalue weighted by Gasteiger charge is 2.07. The molecule has 120 valence electrons. The van der Waals surface area contributed by atoms with Crippen LogP contribution in [0.25, 0.3) is 10.8 Å². The predicted molar refractivity (Wildman–Crippen MR) is 103 cm³/mol. The molecule has 0 radical (unpaired) electrons. The lowest BCUT2D eigenvalue weighted by molar-refractivity contribution is 0.363.